The molecule has 0 spiro atoms. The molecular formula is C9H9Cl2NO2. The average Bonchev–Trinajstić information content (AvgIpc) is 2.48. The van der Waals surface area contributed by atoms with Crippen molar-refractivity contribution in [2.24, 2.45) is 10.8 Å². The number of nitrogens with zero attached hydrogens (tertiary/aromatic N) is 1. The van der Waals surface area contributed by atoms with Gasteiger partial charge in [-0.3, -0.25) is 4.79 Å². The molecule has 0 heterocycles. The number of hydrogen-bond donors (Lipinski definition) is 1. The normalized spacial score (nSPS) is 31.6. The molecule has 1 atom stereocenters. The molecule has 1 unspecified atom stereocenters. The Morgan fingerprint density at radius 3 is 2.36 bits per heavy atom. The molecule has 1 saturated carbocycles. The molecule has 0 saturated heterocycles. The molecule has 0 amide bonds. The largest absolute Gasteiger partial charge is 0.480 e. The van der Waals surface area contributed by atoms with E-state index in [1.54, 1.807) is 13.8 Å². The summed E-state index contributed by atoms with van der Waals surface area (Å²) in [6.07, 6.45) is 1.42. The number of rotatable bonds is 2. The van der Waals surface area contributed by atoms with Crippen molar-refractivity contribution in [2.75, 3.05) is 0 Å². The summed E-state index contributed by atoms with van der Waals surface area (Å²) >= 11 is 11.0. The van der Waals surface area contributed by atoms with Crippen molar-refractivity contribution in [1.82, 2.24) is 0 Å². The Bertz CT molecular complexity index is 354. The Hall–Kier alpha value is -0.720. The van der Waals surface area contributed by atoms with E-state index in [4.69, 9.17) is 33.6 Å². The van der Waals surface area contributed by atoms with Crippen molar-refractivity contribution in [3.05, 3.63) is 11.6 Å². The predicted octanol–water partition coefficient (Wildman–Crippen LogP) is 2.35. The number of alkyl halides is 2. The van der Waals surface area contributed by atoms with Gasteiger partial charge in [-0.25, -0.2) is 0 Å². The van der Waals surface area contributed by atoms with E-state index in [0.717, 1.165) is 0 Å². The van der Waals surface area contributed by atoms with Crippen LogP contribution < -0.4 is 0 Å². The van der Waals surface area contributed by atoms with Crippen LogP contribution in [-0.4, -0.2) is 15.9 Å². The Balaban J connectivity index is 3.18. The molecule has 14 heavy (non-hydrogen) atoms. The summed E-state index contributed by atoms with van der Waals surface area (Å²) < 4.78 is 0. The maximum absolute atomic E-state index is 11.0. The third kappa shape index (κ3) is 1.22. The van der Waals surface area contributed by atoms with Crippen LogP contribution in [0, 0.1) is 22.2 Å². The molecule has 0 aliphatic heterocycles. The lowest BCUT2D eigenvalue weighted by molar-refractivity contribution is -0.141. The quantitative estimate of drug-likeness (QED) is 0.589. The van der Waals surface area contributed by atoms with E-state index in [-0.39, 0.29) is 0 Å². The Morgan fingerprint density at radius 1 is 1.64 bits per heavy atom. The molecule has 5 heteroatoms. The Morgan fingerprint density at radius 2 is 2.14 bits per heavy atom. The highest BCUT2D eigenvalue weighted by atomic mass is 35.5. The van der Waals surface area contributed by atoms with E-state index < -0.39 is 21.6 Å². The number of carbonyl (C=O) groups is 1. The monoisotopic (exact) mass is 233 g/mol. The number of nitriles is 1. The number of carboxylic acid groups (broad SMARTS) is 1. The number of aliphatic carboxylic acids is 1. The maximum atomic E-state index is 11.0. The molecule has 76 valence electrons. The van der Waals surface area contributed by atoms with Gasteiger partial charge in [-0.05, 0) is 11.6 Å². The van der Waals surface area contributed by atoms with Gasteiger partial charge in [0.05, 0.1) is 6.07 Å². The third-order valence-electron chi connectivity index (χ3n) is 2.73. The number of hydrogen-bond acceptors (Lipinski definition) is 2. The first-order valence-electron chi connectivity index (χ1n) is 3.96. The molecule has 1 fully saturated rings. The van der Waals surface area contributed by atoms with Crippen molar-refractivity contribution in [3.8, 4) is 6.07 Å². The van der Waals surface area contributed by atoms with E-state index >= 15 is 0 Å². The summed E-state index contributed by atoms with van der Waals surface area (Å²) in [7, 11) is 0. The zero-order chi connectivity index (χ0) is 11.1. The van der Waals surface area contributed by atoms with Crippen LogP contribution in [0.25, 0.3) is 0 Å². The van der Waals surface area contributed by atoms with Gasteiger partial charge < -0.3 is 5.11 Å². The zero-order valence-corrected chi connectivity index (χ0v) is 9.23. The Kier molecular flexibility index (Phi) is 2.55. The zero-order valence-electron chi connectivity index (χ0n) is 7.71. The molecule has 0 bridgehead atoms. The van der Waals surface area contributed by atoms with Crippen LogP contribution in [-0.2, 0) is 4.79 Å². The van der Waals surface area contributed by atoms with Crippen molar-refractivity contribution in [3.63, 3.8) is 0 Å². The standard InChI is InChI=1S/C9H9Cl2NO2/c1-8(2)5(3-6(10)11)9(8,4-12)7(13)14/h3,6H,1-2H3,(H,13,14). The van der Waals surface area contributed by atoms with Crippen molar-refractivity contribution >= 4 is 29.2 Å². The smallest absolute Gasteiger partial charge is 0.329 e. The molecule has 1 rings (SSSR count). The summed E-state index contributed by atoms with van der Waals surface area (Å²) in [6.45, 7) is 3.37. The van der Waals surface area contributed by atoms with Crippen LogP contribution in [0.5, 0.6) is 0 Å². The molecule has 0 aromatic heterocycles. The summed E-state index contributed by atoms with van der Waals surface area (Å²) in [5, 5.41) is 17.9. The molecular weight excluding hydrogens is 225 g/mol. The molecule has 3 nitrogen and oxygen atoms in total. The van der Waals surface area contributed by atoms with E-state index in [1.807, 2.05) is 6.07 Å². The highest BCUT2D eigenvalue weighted by Crippen LogP contribution is 2.68. The fourth-order valence-corrected chi connectivity index (χ4v) is 2.03. The minimum atomic E-state index is -1.45. The van der Waals surface area contributed by atoms with Gasteiger partial charge in [0.25, 0.3) is 0 Å². The summed E-state index contributed by atoms with van der Waals surface area (Å²) in [4.78, 5) is 10.2. The predicted molar refractivity (Wildman–Crippen MR) is 53.0 cm³/mol. The summed E-state index contributed by atoms with van der Waals surface area (Å²) in [5.74, 6) is -1.15. The van der Waals surface area contributed by atoms with Gasteiger partial charge in [-0.15, -0.1) is 23.2 Å². The van der Waals surface area contributed by atoms with E-state index in [9.17, 15) is 4.79 Å². The fourth-order valence-electron chi connectivity index (χ4n) is 1.78. The maximum Gasteiger partial charge on any atom is 0.329 e. The van der Waals surface area contributed by atoms with Crippen LogP contribution in [0.4, 0.5) is 0 Å². The molecule has 0 aromatic carbocycles. The van der Waals surface area contributed by atoms with E-state index in [1.165, 1.54) is 6.08 Å². The lowest BCUT2D eigenvalue weighted by atomic mass is 9.98. The first kappa shape index (κ1) is 11.4. The minimum Gasteiger partial charge on any atom is -0.480 e. The number of halogens is 2. The highest BCUT2D eigenvalue weighted by molar-refractivity contribution is 6.45. The lowest BCUT2D eigenvalue weighted by Crippen LogP contribution is -2.18. The highest BCUT2D eigenvalue weighted by Gasteiger charge is 2.73. The third-order valence-corrected chi connectivity index (χ3v) is 2.99. The van der Waals surface area contributed by atoms with E-state index in [2.05, 4.69) is 0 Å². The van der Waals surface area contributed by atoms with Crippen molar-refractivity contribution in [1.29, 1.82) is 5.26 Å². The van der Waals surface area contributed by atoms with Crippen molar-refractivity contribution in [2.45, 2.75) is 18.7 Å². The van der Waals surface area contributed by atoms with Crippen LogP contribution in [0.1, 0.15) is 13.8 Å². The van der Waals surface area contributed by atoms with Crippen LogP contribution in [0.3, 0.4) is 0 Å². The lowest BCUT2D eigenvalue weighted by Gasteiger charge is -2.02. The first-order chi connectivity index (χ1) is 6.30. The molecule has 0 radical (unpaired) electrons. The number of carboxylic acids is 1. The molecule has 0 aromatic rings. The average molecular weight is 234 g/mol. The van der Waals surface area contributed by atoms with Crippen LogP contribution >= 0.6 is 23.2 Å². The SMILES string of the molecule is CC1(C)C(=CC(Cl)Cl)C1(C#N)C(=O)O. The fraction of sp³-hybridized carbons (Fsp3) is 0.556. The van der Waals surface area contributed by atoms with Gasteiger partial charge in [0.1, 0.15) is 4.84 Å². The minimum absolute atomic E-state index is 0.481. The van der Waals surface area contributed by atoms with Crippen LogP contribution in [0.15, 0.2) is 11.6 Å². The van der Waals surface area contributed by atoms with Gasteiger partial charge in [-0.2, -0.15) is 5.26 Å². The van der Waals surface area contributed by atoms with Gasteiger partial charge in [0.15, 0.2) is 5.41 Å². The first-order valence-corrected chi connectivity index (χ1v) is 4.83. The Labute approximate surface area is 91.9 Å². The summed E-state index contributed by atoms with van der Waals surface area (Å²) in [6, 6.07) is 1.81. The number of allylic oxidation sites excluding steroid dienone is 1. The molecule has 1 N–H and O–H groups in total. The van der Waals surface area contributed by atoms with Crippen LogP contribution in [0.2, 0.25) is 0 Å². The van der Waals surface area contributed by atoms with Gasteiger partial charge >= 0.3 is 5.97 Å². The van der Waals surface area contributed by atoms with E-state index in [0.29, 0.717) is 5.57 Å². The second-order valence-electron chi connectivity index (χ2n) is 3.71. The summed E-state index contributed by atoms with van der Waals surface area (Å²) in [5.41, 5.74) is -1.65. The topological polar surface area (TPSA) is 61.1 Å². The van der Waals surface area contributed by atoms with Crippen molar-refractivity contribution < 1.29 is 9.90 Å². The van der Waals surface area contributed by atoms with Gasteiger partial charge in [0, 0.05) is 5.41 Å². The second kappa shape index (κ2) is 3.15. The molecule has 1 aliphatic carbocycles. The second-order valence-corrected chi connectivity index (χ2v) is 4.87. The van der Waals surface area contributed by atoms with Gasteiger partial charge in [-0.1, -0.05) is 13.8 Å². The molecule has 1 aliphatic rings. The van der Waals surface area contributed by atoms with Gasteiger partial charge in [0.2, 0.25) is 0 Å².